The Labute approximate surface area is 127 Å². The minimum atomic E-state index is -1.10. The number of oxazole rings is 1. The summed E-state index contributed by atoms with van der Waals surface area (Å²) in [5.41, 5.74) is 1.45. The fourth-order valence-corrected chi connectivity index (χ4v) is 2.42. The molecule has 7 heteroatoms. The van der Waals surface area contributed by atoms with Gasteiger partial charge in [0.2, 0.25) is 5.89 Å². The van der Waals surface area contributed by atoms with Crippen LogP contribution in [0.2, 0.25) is 10.0 Å². The first-order valence-electron chi connectivity index (χ1n) is 5.77. The summed E-state index contributed by atoms with van der Waals surface area (Å²) in [6.45, 7) is 0. The van der Waals surface area contributed by atoms with Gasteiger partial charge in [0.25, 0.3) is 0 Å². The molecule has 0 atom stereocenters. The zero-order chi connectivity index (χ0) is 15.0. The van der Waals surface area contributed by atoms with E-state index in [1.807, 2.05) is 0 Å². The van der Waals surface area contributed by atoms with Gasteiger partial charge in [0.05, 0.1) is 5.56 Å². The topological polar surface area (TPSA) is 52.3 Å². The van der Waals surface area contributed by atoms with Crippen molar-refractivity contribution in [2.75, 3.05) is 0 Å². The number of carbonyl (C=O) groups is 1. The van der Waals surface area contributed by atoms with E-state index in [0.717, 1.165) is 0 Å². The molecule has 1 heterocycles. The highest BCUT2D eigenvalue weighted by Gasteiger charge is 2.14. The van der Waals surface area contributed by atoms with Crippen molar-refractivity contribution in [2.45, 2.75) is 0 Å². The van der Waals surface area contributed by atoms with Crippen molar-refractivity contribution in [3.05, 3.63) is 52.0 Å². The van der Waals surface area contributed by atoms with E-state index in [1.54, 1.807) is 18.2 Å². The molecule has 0 aliphatic heterocycles. The average molecular weight is 326 g/mol. The smallest absolute Gasteiger partial charge is 0.379 e. The van der Waals surface area contributed by atoms with E-state index in [4.69, 9.17) is 27.6 Å². The zero-order valence-electron chi connectivity index (χ0n) is 10.3. The monoisotopic (exact) mass is 325 g/mol. The van der Waals surface area contributed by atoms with Gasteiger partial charge >= 0.3 is 5.97 Å². The molecule has 3 aromatic rings. The third-order valence-corrected chi connectivity index (χ3v) is 3.24. The van der Waals surface area contributed by atoms with Gasteiger partial charge in [-0.15, -0.1) is 0 Å². The number of nitrogens with zero attached hydrogens (tertiary/aromatic N) is 1. The van der Waals surface area contributed by atoms with E-state index >= 15 is 0 Å². The van der Waals surface area contributed by atoms with Crippen LogP contribution in [0.4, 0.5) is 4.53 Å². The van der Waals surface area contributed by atoms with Gasteiger partial charge in [0, 0.05) is 20.1 Å². The van der Waals surface area contributed by atoms with Gasteiger partial charge in [-0.3, -0.25) is 0 Å². The van der Waals surface area contributed by atoms with E-state index in [1.165, 1.54) is 18.2 Å². The summed E-state index contributed by atoms with van der Waals surface area (Å²) >= 11 is 11.9. The van der Waals surface area contributed by atoms with Crippen molar-refractivity contribution < 1.29 is 18.7 Å². The molecule has 0 unspecified atom stereocenters. The summed E-state index contributed by atoms with van der Waals surface area (Å²) < 4.78 is 17.4. The quantitative estimate of drug-likeness (QED) is 0.676. The summed E-state index contributed by atoms with van der Waals surface area (Å²) in [5.74, 6) is -0.805. The average Bonchev–Trinajstić information content (AvgIpc) is 2.88. The molecule has 0 fully saturated rings. The molecule has 0 spiro atoms. The van der Waals surface area contributed by atoms with E-state index in [-0.39, 0.29) is 5.56 Å². The summed E-state index contributed by atoms with van der Waals surface area (Å²) in [5, 5.41) is 0.892. The SMILES string of the molecule is O=C(OF)c1ccc2nc(-c3cc(Cl)cc(Cl)c3)oc2c1. The lowest BCUT2D eigenvalue weighted by Gasteiger charge is -1.97. The molecular formula is C14H6Cl2FNO3. The van der Waals surface area contributed by atoms with Crippen molar-refractivity contribution in [3.8, 4) is 11.5 Å². The first-order valence-corrected chi connectivity index (χ1v) is 6.52. The molecule has 0 radical (unpaired) electrons. The number of aromatic nitrogens is 1. The molecule has 2 aromatic carbocycles. The molecule has 21 heavy (non-hydrogen) atoms. The van der Waals surface area contributed by atoms with Crippen LogP contribution in [0.3, 0.4) is 0 Å². The molecule has 0 saturated carbocycles. The molecular weight excluding hydrogens is 320 g/mol. The predicted molar refractivity (Wildman–Crippen MR) is 76.0 cm³/mol. The Kier molecular flexibility index (Phi) is 3.53. The van der Waals surface area contributed by atoms with Crippen molar-refractivity contribution in [2.24, 2.45) is 0 Å². The number of rotatable bonds is 2. The third kappa shape index (κ3) is 2.70. The van der Waals surface area contributed by atoms with Crippen LogP contribution >= 0.6 is 23.2 Å². The fourth-order valence-electron chi connectivity index (χ4n) is 1.90. The summed E-state index contributed by atoms with van der Waals surface area (Å²) in [6, 6.07) is 9.15. The van der Waals surface area contributed by atoms with Crippen molar-refractivity contribution in [1.29, 1.82) is 0 Å². The Hall–Kier alpha value is -2.11. The summed E-state index contributed by atoms with van der Waals surface area (Å²) in [4.78, 5) is 18.6. The summed E-state index contributed by atoms with van der Waals surface area (Å²) in [7, 11) is 0. The number of benzene rings is 2. The van der Waals surface area contributed by atoms with Gasteiger partial charge in [-0.05, 0) is 36.4 Å². The van der Waals surface area contributed by atoms with Crippen molar-refractivity contribution in [3.63, 3.8) is 0 Å². The van der Waals surface area contributed by atoms with Crippen LogP contribution in [-0.4, -0.2) is 11.0 Å². The van der Waals surface area contributed by atoms with Crippen LogP contribution in [0.15, 0.2) is 40.8 Å². The molecule has 0 aliphatic rings. The molecule has 0 saturated heterocycles. The van der Waals surface area contributed by atoms with Crippen molar-refractivity contribution >= 4 is 40.3 Å². The lowest BCUT2D eigenvalue weighted by Crippen LogP contribution is -1.97. The number of hydrogen-bond acceptors (Lipinski definition) is 4. The van der Waals surface area contributed by atoms with Gasteiger partial charge < -0.3 is 4.42 Å². The molecule has 1 aromatic heterocycles. The Morgan fingerprint density at radius 2 is 1.86 bits per heavy atom. The van der Waals surface area contributed by atoms with E-state index in [2.05, 4.69) is 9.93 Å². The molecule has 0 aliphatic carbocycles. The van der Waals surface area contributed by atoms with E-state index in [9.17, 15) is 9.32 Å². The lowest BCUT2D eigenvalue weighted by molar-refractivity contribution is -0.0787. The molecule has 106 valence electrons. The highest BCUT2D eigenvalue weighted by Crippen LogP contribution is 2.29. The van der Waals surface area contributed by atoms with Crippen molar-refractivity contribution in [1.82, 2.24) is 4.98 Å². The maximum Gasteiger partial charge on any atom is 0.379 e. The molecule has 0 amide bonds. The summed E-state index contributed by atoms with van der Waals surface area (Å²) in [6.07, 6.45) is 0. The third-order valence-electron chi connectivity index (χ3n) is 2.80. The Bertz CT molecular complexity index is 827. The van der Waals surface area contributed by atoms with Crippen LogP contribution in [0, 0.1) is 0 Å². The van der Waals surface area contributed by atoms with Gasteiger partial charge in [0.1, 0.15) is 5.52 Å². The highest BCUT2D eigenvalue weighted by atomic mass is 35.5. The second-order valence-corrected chi connectivity index (χ2v) is 5.10. The number of halogens is 3. The maximum absolute atomic E-state index is 11.9. The number of carbonyl (C=O) groups excluding carboxylic acids is 1. The number of hydrogen-bond donors (Lipinski definition) is 0. The Morgan fingerprint density at radius 1 is 1.14 bits per heavy atom. The highest BCUT2D eigenvalue weighted by molar-refractivity contribution is 6.35. The Morgan fingerprint density at radius 3 is 2.52 bits per heavy atom. The predicted octanol–water partition coefficient (Wildman–Crippen LogP) is 4.84. The first-order chi connectivity index (χ1) is 10.1. The van der Waals surface area contributed by atoms with Gasteiger partial charge in [0.15, 0.2) is 5.58 Å². The first kappa shape index (κ1) is 13.9. The lowest BCUT2D eigenvalue weighted by atomic mass is 10.2. The zero-order valence-corrected chi connectivity index (χ0v) is 11.8. The second-order valence-electron chi connectivity index (χ2n) is 4.22. The van der Waals surface area contributed by atoms with Gasteiger partial charge in [-0.2, -0.15) is 0 Å². The largest absolute Gasteiger partial charge is 0.436 e. The Balaban J connectivity index is 2.10. The van der Waals surface area contributed by atoms with E-state index in [0.29, 0.717) is 32.6 Å². The van der Waals surface area contributed by atoms with Gasteiger partial charge in [-0.1, -0.05) is 23.2 Å². The fraction of sp³-hybridized carbons (Fsp3) is 0. The maximum atomic E-state index is 11.9. The molecule has 3 rings (SSSR count). The van der Waals surface area contributed by atoms with Crippen LogP contribution in [-0.2, 0) is 4.94 Å². The van der Waals surface area contributed by atoms with Crippen LogP contribution in [0.1, 0.15) is 10.4 Å². The minimum absolute atomic E-state index is 0.0248. The standard InChI is InChI=1S/C14H6Cl2FNO3/c15-9-3-8(4-10(16)6-9)13-18-11-2-1-7(14(19)21-17)5-12(11)20-13/h1-6H. The second kappa shape index (κ2) is 5.35. The van der Waals surface area contributed by atoms with Crippen LogP contribution in [0.5, 0.6) is 0 Å². The minimum Gasteiger partial charge on any atom is -0.436 e. The molecule has 4 nitrogen and oxygen atoms in total. The normalized spacial score (nSPS) is 10.8. The molecule has 0 N–H and O–H groups in total. The van der Waals surface area contributed by atoms with E-state index < -0.39 is 5.97 Å². The van der Waals surface area contributed by atoms with Crippen LogP contribution < -0.4 is 0 Å². The number of fused-ring (bicyclic) bond motifs is 1. The van der Waals surface area contributed by atoms with Gasteiger partial charge in [-0.25, -0.2) is 14.7 Å². The molecule has 0 bridgehead atoms. The van der Waals surface area contributed by atoms with Crippen LogP contribution in [0.25, 0.3) is 22.6 Å².